The van der Waals surface area contributed by atoms with Crippen LogP contribution in [-0.4, -0.2) is 17.0 Å². The molecule has 0 atom stereocenters. The van der Waals surface area contributed by atoms with E-state index in [0.29, 0.717) is 10.8 Å². The Balaban J connectivity index is 2.45. The van der Waals surface area contributed by atoms with Crippen LogP contribution < -0.4 is 10.1 Å². The number of anilines is 1. The highest BCUT2D eigenvalue weighted by atomic mass is 35.5. The summed E-state index contributed by atoms with van der Waals surface area (Å²) in [7, 11) is 1.62. The summed E-state index contributed by atoms with van der Waals surface area (Å²) in [5.41, 5.74) is -0.290. The van der Waals surface area contributed by atoms with E-state index >= 15 is 0 Å². The number of nitro benzene ring substituents is 1. The molecule has 2 rings (SSSR count). The van der Waals surface area contributed by atoms with Crippen LogP contribution in [0.15, 0.2) is 24.3 Å². The van der Waals surface area contributed by atoms with Crippen molar-refractivity contribution in [1.82, 2.24) is 4.98 Å². The molecular weight excluding hydrogens is 341 g/mol. The van der Waals surface area contributed by atoms with Crippen molar-refractivity contribution in [3.63, 3.8) is 0 Å². The first-order valence-electron chi connectivity index (χ1n) is 5.58. The first-order chi connectivity index (χ1) is 9.92. The molecule has 0 aliphatic carbocycles. The van der Waals surface area contributed by atoms with Crippen LogP contribution in [-0.2, 0) is 0 Å². The number of pyridine rings is 1. The van der Waals surface area contributed by atoms with E-state index < -0.39 is 4.92 Å². The average Bonchev–Trinajstić information content (AvgIpc) is 2.43. The number of nitrogens with one attached hydrogen (secondary N) is 1. The quantitative estimate of drug-likeness (QED) is 0.635. The number of hydrogen-bond acceptors (Lipinski definition) is 5. The van der Waals surface area contributed by atoms with Gasteiger partial charge in [0.2, 0.25) is 11.6 Å². The van der Waals surface area contributed by atoms with Crippen LogP contribution in [0.25, 0.3) is 0 Å². The fraction of sp³-hybridized carbons (Fsp3) is 0.0833. The zero-order valence-corrected chi connectivity index (χ0v) is 12.8. The van der Waals surface area contributed by atoms with Crippen LogP contribution in [0.4, 0.5) is 11.5 Å². The van der Waals surface area contributed by atoms with Crippen LogP contribution in [0.2, 0.25) is 15.1 Å². The van der Waals surface area contributed by atoms with Crippen molar-refractivity contribution < 1.29 is 9.66 Å². The third-order valence-electron chi connectivity index (χ3n) is 2.46. The molecule has 9 heteroatoms. The molecule has 0 spiro atoms. The van der Waals surface area contributed by atoms with Crippen molar-refractivity contribution in [1.29, 1.82) is 0 Å². The normalized spacial score (nSPS) is 10.3. The minimum absolute atomic E-state index is 0.00385. The van der Waals surface area contributed by atoms with Crippen molar-refractivity contribution in [2.75, 3.05) is 12.4 Å². The topological polar surface area (TPSA) is 77.3 Å². The zero-order chi connectivity index (χ0) is 15.6. The van der Waals surface area contributed by atoms with Crippen molar-refractivity contribution in [3.05, 3.63) is 49.4 Å². The van der Waals surface area contributed by atoms with E-state index in [2.05, 4.69) is 10.3 Å². The monoisotopic (exact) mass is 347 g/mol. The fourth-order valence-electron chi connectivity index (χ4n) is 1.52. The Morgan fingerprint density at radius 1 is 1.24 bits per heavy atom. The lowest BCUT2D eigenvalue weighted by molar-refractivity contribution is -0.385. The molecule has 1 aromatic carbocycles. The Morgan fingerprint density at radius 3 is 2.57 bits per heavy atom. The number of hydrogen-bond donors (Lipinski definition) is 1. The lowest BCUT2D eigenvalue weighted by Gasteiger charge is -2.10. The van der Waals surface area contributed by atoms with Gasteiger partial charge >= 0.3 is 5.69 Å². The van der Waals surface area contributed by atoms with E-state index in [-0.39, 0.29) is 27.4 Å². The van der Waals surface area contributed by atoms with Gasteiger partial charge in [0.25, 0.3) is 0 Å². The van der Waals surface area contributed by atoms with Gasteiger partial charge in [0.05, 0.1) is 9.95 Å². The second-order valence-electron chi connectivity index (χ2n) is 3.83. The van der Waals surface area contributed by atoms with Gasteiger partial charge in [-0.3, -0.25) is 10.1 Å². The molecule has 110 valence electrons. The van der Waals surface area contributed by atoms with Crippen LogP contribution in [0.3, 0.4) is 0 Å². The molecule has 6 nitrogen and oxygen atoms in total. The lowest BCUT2D eigenvalue weighted by atomic mass is 10.3. The molecule has 0 amide bonds. The molecule has 2 aromatic rings. The fourth-order valence-corrected chi connectivity index (χ4v) is 2.18. The number of rotatable bonds is 4. The number of nitro groups is 1. The van der Waals surface area contributed by atoms with Gasteiger partial charge in [0.1, 0.15) is 10.8 Å². The molecule has 0 fully saturated rings. The summed E-state index contributed by atoms with van der Waals surface area (Å²) in [6, 6.07) is 5.44. The minimum Gasteiger partial charge on any atom is -0.430 e. The Bertz CT molecular complexity index is 710. The molecule has 0 aliphatic rings. The number of ether oxygens (including phenoxy) is 1. The third-order valence-corrected chi connectivity index (χ3v) is 3.25. The van der Waals surface area contributed by atoms with Gasteiger partial charge in [0, 0.05) is 18.1 Å². The maximum Gasteiger partial charge on any atom is 0.313 e. The van der Waals surface area contributed by atoms with E-state index in [1.54, 1.807) is 7.05 Å². The van der Waals surface area contributed by atoms with Gasteiger partial charge in [-0.1, -0.05) is 34.8 Å². The highest BCUT2D eigenvalue weighted by Crippen LogP contribution is 2.37. The average molecular weight is 349 g/mol. The molecule has 0 unspecified atom stereocenters. The number of benzene rings is 1. The van der Waals surface area contributed by atoms with Gasteiger partial charge in [-0.25, -0.2) is 0 Å². The van der Waals surface area contributed by atoms with Crippen LogP contribution >= 0.6 is 34.8 Å². The van der Waals surface area contributed by atoms with Crippen molar-refractivity contribution in [3.8, 4) is 11.6 Å². The molecule has 1 N–H and O–H groups in total. The predicted molar refractivity (Wildman–Crippen MR) is 82.0 cm³/mol. The number of aromatic nitrogens is 1. The summed E-state index contributed by atoms with van der Waals surface area (Å²) in [5, 5.41) is 14.4. The van der Waals surface area contributed by atoms with Crippen LogP contribution in [0.1, 0.15) is 0 Å². The van der Waals surface area contributed by atoms with E-state index in [4.69, 9.17) is 39.5 Å². The van der Waals surface area contributed by atoms with E-state index in [1.165, 1.54) is 24.3 Å². The van der Waals surface area contributed by atoms with Crippen LogP contribution in [0, 0.1) is 10.1 Å². The molecular formula is C12H8Cl3N3O3. The molecule has 0 bridgehead atoms. The number of halogens is 3. The molecule has 0 saturated carbocycles. The molecule has 0 radical (unpaired) electrons. The molecule has 1 aromatic heterocycles. The smallest absolute Gasteiger partial charge is 0.313 e. The van der Waals surface area contributed by atoms with Crippen molar-refractivity contribution >= 4 is 46.3 Å². The Labute approximate surface area is 134 Å². The summed E-state index contributed by atoms with van der Waals surface area (Å²) in [6.45, 7) is 0. The largest absolute Gasteiger partial charge is 0.430 e. The maximum atomic E-state index is 11.0. The minimum atomic E-state index is -0.607. The lowest BCUT2D eigenvalue weighted by Crippen LogP contribution is -1.98. The first-order valence-corrected chi connectivity index (χ1v) is 6.71. The molecule has 0 saturated heterocycles. The highest BCUT2D eigenvalue weighted by Gasteiger charge is 2.19. The maximum absolute atomic E-state index is 11.0. The van der Waals surface area contributed by atoms with Gasteiger partial charge in [-0.2, -0.15) is 4.98 Å². The molecule has 21 heavy (non-hydrogen) atoms. The van der Waals surface area contributed by atoms with Crippen molar-refractivity contribution in [2.24, 2.45) is 0 Å². The number of nitrogens with zero attached hydrogens (tertiary/aromatic N) is 2. The Morgan fingerprint density at radius 2 is 1.95 bits per heavy atom. The zero-order valence-electron chi connectivity index (χ0n) is 10.6. The predicted octanol–water partition coefficient (Wildman–Crippen LogP) is 4.78. The summed E-state index contributed by atoms with van der Waals surface area (Å²) in [6.07, 6.45) is 0. The standard InChI is InChI=1S/C12H8Cl3N3O3/c1-16-11-7(14)5-8(15)12(17-11)21-10-3-2-6(13)4-9(10)18(19)20/h2-5H,1H3,(H,16,17). The van der Waals surface area contributed by atoms with Gasteiger partial charge in [-0.05, 0) is 18.2 Å². The van der Waals surface area contributed by atoms with E-state index in [9.17, 15) is 10.1 Å². The van der Waals surface area contributed by atoms with Gasteiger partial charge < -0.3 is 10.1 Å². The third kappa shape index (κ3) is 3.47. The Kier molecular flexibility index (Phi) is 4.72. The van der Waals surface area contributed by atoms with E-state index in [1.807, 2.05) is 0 Å². The van der Waals surface area contributed by atoms with E-state index in [0.717, 1.165) is 0 Å². The molecule has 0 aliphatic heterocycles. The Hall–Kier alpha value is -1.76. The first kappa shape index (κ1) is 15.6. The highest BCUT2D eigenvalue weighted by molar-refractivity contribution is 6.36. The summed E-state index contributed by atoms with van der Waals surface area (Å²) in [5.74, 6) is 0.312. The summed E-state index contributed by atoms with van der Waals surface area (Å²) < 4.78 is 5.41. The SMILES string of the molecule is CNc1nc(Oc2ccc(Cl)cc2[N+](=O)[O-])c(Cl)cc1Cl. The van der Waals surface area contributed by atoms with Crippen molar-refractivity contribution in [2.45, 2.75) is 0 Å². The second kappa shape index (κ2) is 6.34. The summed E-state index contributed by atoms with van der Waals surface area (Å²) in [4.78, 5) is 14.5. The van der Waals surface area contributed by atoms with Crippen LogP contribution in [0.5, 0.6) is 11.6 Å². The second-order valence-corrected chi connectivity index (χ2v) is 5.08. The summed E-state index contributed by atoms with van der Waals surface area (Å²) >= 11 is 17.6. The van der Waals surface area contributed by atoms with Gasteiger partial charge in [-0.15, -0.1) is 0 Å². The van der Waals surface area contributed by atoms with Gasteiger partial charge in [0.15, 0.2) is 0 Å². The molecule has 1 heterocycles.